The van der Waals surface area contributed by atoms with E-state index < -0.39 is 0 Å². The number of carbonyl (C=O) groups is 1. The number of benzene rings is 1. The van der Waals surface area contributed by atoms with Crippen molar-refractivity contribution in [2.24, 2.45) is 0 Å². The van der Waals surface area contributed by atoms with Crippen LogP contribution in [-0.2, 0) is 24.2 Å². The van der Waals surface area contributed by atoms with Crippen LogP contribution in [0.25, 0.3) is 0 Å². The first-order chi connectivity index (χ1) is 14.1. The van der Waals surface area contributed by atoms with Crippen molar-refractivity contribution < 1.29 is 14.3 Å². The number of aryl methyl sites for hydroxylation is 1. The van der Waals surface area contributed by atoms with Gasteiger partial charge in [0.05, 0.1) is 12.1 Å². The normalized spacial score (nSPS) is 15.3. The van der Waals surface area contributed by atoms with Gasteiger partial charge in [-0.1, -0.05) is 12.5 Å². The van der Waals surface area contributed by atoms with Crippen LogP contribution in [-0.4, -0.2) is 37.6 Å². The minimum absolute atomic E-state index is 0.0991. The summed E-state index contributed by atoms with van der Waals surface area (Å²) >= 11 is 1.57. The average Bonchev–Trinajstić information content (AvgIpc) is 2.86. The van der Waals surface area contributed by atoms with E-state index in [4.69, 9.17) is 9.47 Å². The van der Waals surface area contributed by atoms with Gasteiger partial charge in [-0.05, 0) is 56.0 Å². The first-order valence-electron chi connectivity index (χ1n) is 10.1. The molecule has 0 saturated heterocycles. The number of likely N-dealkylation sites (N-methyl/N-ethyl adjacent to an activating group) is 1. The number of nitriles is 1. The van der Waals surface area contributed by atoms with Crippen LogP contribution in [0.3, 0.4) is 0 Å². The number of rotatable bonds is 5. The number of anilines is 1. The molecule has 0 bridgehead atoms. The van der Waals surface area contributed by atoms with Gasteiger partial charge in [0.1, 0.15) is 24.3 Å². The van der Waals surface area contributed by atoms with E-state index >= 15 is 0 Å². The van der Waals surface area contributed by atoms with Gasteiger partial charge in [0.2, 0.25) is 5.91 Å². The SMILES string of the molecule is CN(CC(=O)Nc1sc2c(c1C#N)CCCCC2)Cc1ccc2c(c1)OCCO2. The number of hydrogen-bond acceptors (Lipinski definition) is 6. The Hall–Kier alpha value is -2.56. The lowest BCUT2D eigenvalue weighted by Crippen LogP contribution is -2.29. The monoisotopic (exact) mass is 411 g/mol. The first-order valence-corrected chi connectivity index (χ1v) is 10.9. The number of hydrogen-bond donors (Lipinski definition) is 1. The first kappa shape index (κ1) is 19.7. The summed E-state index contributed by atoms with van der Waals surface area (Å²) in [4.78, 5) is 15.8. The van der Waals surface area contributed by atoms with Crippen LogP contribution in [0.4, 0.5) is 5.00 Å². The van der Waals surface area contributed by atoms with Crippen LogP contribution in [0.5, 0.6) is 11.5 Å². The largest absolute Gasteiger partial charge is 0.486 e. The third-order valence-corrected chi connectivity index (χ3v) is 6.47. The van der Waals surface area contributed by atoms with Gasteiger partial charge in [-0.3, -0.25) is 9.69 Å². The summed E-state index contributed by atoms with van der Waals surface area (Å²) in [5, 5.41) is 13.3. The van der Waals surface area contributed by atoms with Gasteiger partial charge in [0, 0.05) is 11.4 Å². The van der Waals surface area contributed by atoms with Crippen LogP contribution >= 0.6 is 11.3 Å². The lowest BCUT2D eigenvalue weighted by Gasteiger charge is -2.20. The Morgan fingerprint density at radius 1 is 1.21 bits per heavy atom. The molecule has 7 heteroatoms. The molecule has 152 valence electrons. The highest BCUT2D eigenvalue weighted by molar-refractivity contribution is 7.16. The summed E-state index contributed by atoms with van der Waals surface area (Å²) in [6, 6.07) is 8.19. The van der Waals surface area contributed by atoms with E-state index in [1.807, 2.05) is 30.1 Å². The van der Waals surface area contributed by atoms with Crippen molar-refractivity contribution in [2.45, 2.75) is 38.6 Å². The molecule has 2 aliphatic rings. The van der Waals surface area contributed by atoms with Crippen molar-refractivity contribution in [2.75, 3.05) is 32.1 Å². The minimum atomic E-state index is -0.0991. The molecular weight excluding hydrogens is 386 g/mol. The second-order valence-electron chi connectivity index (χ2n) is 7.58. The van der Waals surface area contributed by atoms with E-state index in [0.29, 0.717) is 30.3 Å². The molecule has 0 radical (unpaired) electrons. The second kappa shape index (κ2) is 8.85. The summed E-state index contributed by atoms with van der Waals surface area (Å²) in [5.41, 5.74) is 2.87. The highest BCUT2D eigenvalue weighted by Crippen LogP contribution is 2.37. The lowest BCUT2D eigenvalue weighted by molar-refractivity contribution is -0.117. The topological polar surface area (TPSA) is 74.6 Å². The Morgan fingerprint density at radius 3 is 2.83 bits per heavy atom. The standard InChI is InChI=1S/C22H25N3O3S/c1-25(13-15-7-8-18-19(11-15)28-10-9-27-18)14-21(26)24-22-17(12-23)16-5-3-2-4-6-20(16)29-22/h7-8,11H,2-6,9-10,13-14H2,1H3,(H,24,26). The quantitative estimate of drug-likeness (QED) is 0.759. The summed E-state index contributed by atoms with van der Waals surface area (Å²) in [5.74, 6) is 1.42. The van der Waals surface area contributed by atoms with Crippen LogP contribution in [0, 0.1) is 11.3 Å². The summed E-state index contributed by atoms with van der Waals surface area (Å²) in [7, 11) is 1.91. The van der Waals surface area contributed by atoms with Gasteiger partial charge in [-0.15, -0.1) is 11.3 Å². The van der Waals surface area contributed by atoms with Gasteiger partial charge < -0.3 is 14.8 Å². The van der Waals surface area contributed by atoms with Crippen molar-refractivity contribution in [3.63, 3.8) is 0 Å². The van der Waals surface area contributed by atoms with Crippen molar-refractivity contribution >= 4 is 22.2 Å². The van der Waals surface area contributed by atoms with E-state index in [-0.39, 0.29) is 12.5 Å². The number of carbonyl (C=O) groups excluding carboxylic acids is 1. The van der Waals surface area contributed by atoms with Gasteiger partial charge in [-0.2, -0.15) is 5.26 Å². The molecule has 29 heavy (non-hydrogen) atoms. The highest BCUT2D eigenvalue weighted by atomic mass is 32.1. The van der Waals surface area contributed by atoms with Crippen molar-refractivity contribution in [3.8, 4) is 17.6 Å². The molecule has 1 aromatic heterocycles. The molecule has 4 rings (SSSR count). The minimum Gasteiger partial charge on any atom is -0.486 e. The molecule has 0 spiro atoms. The number of ether oxygens (including phenoxy) is 2. The lowest BCUT2D eigenvalue weighted by atomic mass is 10.1. The maximum absolute atomic E-state index is 12.6. The molecule has 0 fully saturated rings. The molecular formula is C22H25N3O3S. The molecule has 6 nitrogen and oxygen atoms in total. The fourth-order valence-electron chi connectivity index (χ4n) is 3.91. The molecule has 2 aromatic rings. The second-order valence-corrected chi connectivity index (χ2v) is 8.68. The van der Waals surface area contributed by atoms with Gasteiger partial charge in [0.15, 0.2) is 11.5 Å². The molecule has 1 N–H and O–H groups in total. The third-order valence-electron chi connectivity index (χ3n) is 5.26. The average molecular weight is 412 g/mol. The number of thiophene rings is 1. The molecule has 0 saturated carbocycles. The highest BCUT2D eigenvalue weighted by Gasteiger charge is 2.21. The summed E-state index contributed by atoms with van der Waals surface area (Å²) < 4.78 is 11.2. The number of fused-ring (bicyclic) bond motifs is 2. The van der Waals surface area contributed by atoms with Gasteiger partial charge >= 0.3 is 0 Å². The predicted molar refractivity (Wildman–Crippen MR) is 113 cm³/mol. The van der Waals surface area contributed by atoms with Crippen LogP contribution in [0.15, 0.2) is 18.2 Å². The zero-order valence-electron chi connectivity index (χ0n) is 16.6. The molecule has 1 aliphatic carbocycles. The van der Waals surface area contributed by atoms with Crippen LogP contribution < -0.4 is 14.8 Å². The Labute approximate surface area is 175 Å². The van der Waals surface area contributed by atoms with Crippen molar-refractivity contribution in [3.05, 3.63) is 39.8 Å². The third kappa shape index (κ3) is 4.55. The van der Waals surface area contributed by atoms with E-state index in [9.17, 15) is 10.1 Å². The maximum atomic E-state index is 12.6. The number of nitrogens with one attached hydrogen (secondary N) is 1. The van der Waals surface area contributed by atoms with E-state index in [0.717, 1.165) is 48.3 Å². The van der Waals surface area contributed by atoms with E-state index in [1.54, 1.807) is 11.3 Å². The Bertz CT molecular complexity index is 948. The molecule has 1 amide bonds. The van der Waals surface area contributed by atoms with E-state index in [1.165, 1.54) is 11.3 Å². The van der Waals surface area contributed by atoms with Crippen molar-refractivity contribution in [1.82, 2.24) is 4.90 Å². The predicted octanol–water partition coefficient (Wildman–Crippen LogP) is 3.73. The summed E-state index contributed by atoms with van der Waals surface area (Å²) in [6.07, 6.45) is 5.43. The number of amides is 1. The smallest absolute Gasteiger partial charge is 0.239 e. The van der Waals surface area contributed by atoms with Crippen LogP contribution in [0.1, 0.15) is 40.8 Å². The Morgan fingerprint density at radius 2 is 2.00 bits per heavy atom. The molecule has 1 aliphatic heterocycles. The van der Waals surface area contributed by atoms with Crippen molar-refractivity contribution in [1.29, 1.82) is 5.26 Å². The zero-order valence-corrected chi connectivity index (χ0v) is 17.4. The van der Waals surface area contributed by atoms with Gasteiger partial charge in [-0.25, -0.2) is 0 Å². The van der Waals surface area contributed by atoms with Crippen LogP contribution in [0.2, 0.25) is 0 Å². The van der Waals surface area contributed by atoms with E-state index in [2.05, 4.69) is 11.4 Å². The summed E-state index contributed by atoms with van der Waals surface area (Å²) in [6.45, 7) is 2.00. The Balaban J connectivity index is 1.38. The molecule has 0 unspecified atom stereocenters. The Kier molecular flexibility index (Phi) is 6.02. The fraction of sp³-hybridized carbons (Fsp3) is 0.455. The maximum Gasteiger partial charge on any atom is 0.239 e. The molecule has 0 atom stereocenters. The molecule has 1 aromatic carbocycles. The zero-order chi connectivity index (χ0) is 20.2. The fourth-order valence-corrected chi connectivity index (χ4v) is 5.17. The molecule has 2 heterocycles. The van der Waals surface area contributed by atoms with Gasteiger partial charge in [0.25, 0.3) is 0 Å². The number of nitrogens with zero attached hydrogens (tertiary/aromatic N) is 2.